The van der Waals surface area contributed by atoms with E-state index in [1.54, 1.807) is 24.2 Å². The van der Waals surface area contributed by atoms with Crippen molar-refractivity contribution in [3.8, 4) is 0 Å². The summed E-state index contributed by atoms with van der Waals surface area (Å²) < 4.78 is 1.51. The van der Waals surface area contributed by atoms with E-state index in [0.29, 0.717) is 5.41 Å². The molecule has 0 heterocycles. The fourth-order valence-corrected chi connectivity index (χ4v) is 1.80. The van der Waals surface area contributed by atoms with Crippen molar-refractivity contribution < 1.29 is 49.0 Å². The molecule has 1 aliphatic rings. The molecule has 0 spiro atoms. The summed E-state index contributed by atoms with van der Waals surface area (Å²) in [6.45, 7) is 8.69. The standard InChI is InChI=1S/C9H7.C8H11.C3H6.2ClH.Zr/c1-2-5-9-7-3-6-8(9)4-1;1-8(2)6-4-3-5-7-8;1-3-2;;;/h1-7H;4-6H,7H2,1-2H3;1-2H3;2*1H;/q2*-1;;;;+2/p-2. The Morgan fingerprint density at radius 1 is 1.13 bits per heavy atom. The molecule has 0 saturated carbocycles. The van der Waals surface area contributed by atoms with Crippen LogP contribution in [0.4, 0.5) is 0 Å². The van der Waals surface area contributed by atoms with Crippen molar-refractivity contribution in [2.45, 2.75) is 34.1 Å². The third-order valence-electron chi connectivity index (χ3n) is 2.92. The third kappa shape index (κ3) is 11.8. The summed E-state index contributed by atoms with van der Waals surface area (Å²) in [6, 6.07) is 14.7. The molecule has 124 valence electrons. The predicted octanol–water partition coefficient (Wildman–Crippen LogP) is -0.356. The molecule has 0 fully saturated rings. The van der Waals surface area contributed by atoms with Crippen LogP contribution in [-0.4, -0.2) is 3.21 Å². The number of halogens is 2. The Balaban J connectivity index is 0. The van der Waals surface area contributed by atoms with Crippen LogP contribution in [0, 0.1) is 11.5 Å². The molecule has 2 aromatic carbocycles. The monoisotopic (exact) mass is 424 g/mol. The summed E-state index contributed by atoms with van der Waals surface area (Å²) in [7, 11) is 0. The number of benzene rings is 1. The average molecular weight is 427 g/mol. The van der Waals surface area contributed by atoms with Gasteiger partial charge in [-0.2, -0.15) is 23.6 Å². The summed E-state index contributed by atoms with van der Waals surface area (Å²) in [5, 5.41) is 2.66. The zero-order valence-corrected chi connectivity index (χ0v) is 18.2. The van der Waals surface area contributed by atoms with Gasteiger partial charge in [-0.1, -0.05) is 31.7 Å². The Labute approximate surface area is 168 Å². The van der Waals surface area contributed by atoms with Crippen LogP contribution in [0.5, 0.6) is 0 Å². The molecule has 0 nitrogen and oxygen atoms in total. The molecule has 0 atom stereocenters. The van der Waals surface area contributed by atoms with E-state index in [1.807, 2.05) is 6.08 Å². The van der Waals surface area contributed by atoms with Crippen molar-refractivity contribution in [2.24, 2.45) is 5.41 Å². The van der Waals surface area contributed by atoms with Crippen LogP contribution >= 0.6 is 0 Å². The number of hydrogen-bond acceptors (Lipinski definition) is 0. The largest absolute Gasteiger partial charge is 1.00 e. The van der Waals surface area contributed by atoms with Gasteiger partial charge in [0.15, 0.2) is 0 Å². The summed E-state index contributed by atoms with van der Waals surface area (Å²) >= 11 is 1.55. The van der Waals surface area contributed by atoms with Crippen LogP contribution in [-0.2, 0) is 24.2 Å². The van der Waals surface area contributed by atoms with Crippen LogP contribution in [0.2, 0.25) is 0 Å². The Morgan fingerprint density at radius 3 is 2.17 bits per heavy atom. The van der Waals surface area contributed by atoms with Gasteiger partial charge >= 0.3 is 41.3 Å². The second kappa shape index (κ2) is 13.0. The van der Waals surface area contributed by atoms with Crippen molar-refractivity contribution >= 4 is 14.0 Å². The minimum Gasteiger partial charge on any atom is -1.00 e. The van der Waals surface area contributed by atoms with Gasteiger partial charge in [-0.25, -0.2) is 12.2 Å². The summed E-state index contributed by atoms with van der Waals surface area (Å²) in [6.07, 6.45) is 10.4. The predicted molar refractivity (Wildman–Crippen MR) is 91.2 cm³/mol. The molecular formula is C20H24Cl2Zr-2. The minimum atomic E-state index is 0. The average Bonchev–Trinajstić information content (AvgIpc) is 2.86. The molecule has 0 radical (unpaired) electrons. The minimum absolute atomic E-state index is 0. The zero-order valence-electron chi connectivity index (χ0n) is 14.2. The molecular weight excluding hydrogens is 402 g/mol. The molecule has 0 bridgehead atoms. The Bertz CT molecular complexity index is 587. The molecule has 0 unspecified atom stereocenters. The van der Waals surface area contributed by atoms with Crippen LogP contribution < -0.4 is 24.8 Å². The van der Waals surface area contributed by atoms with E-state index in [0.717, 1.165) is 6.42 Å². The van der Waals surface area contributed by atoms with Gasteiger partial charge < -0.3 is 24.8 Å². The first-order valence-corrected chi connectivity index (χ1v) is 8.51. The van der Waals surface area contributed by atoms with Crippen molar-refractivity contribution in [3.63, 3.8) is 0 Å². The van der Waals surface area contributed by atoms with Crippen molar-refractivity contribution in [2.75, 3.05) is 0 Å². The van der Waals surface area contributed by atoms with Gasteiger partial charge in [-0.15, -0.1) is 29.7 Å². The third-order valence-corrected chi connectivity index (χ3v) is 2.92. The van der Waals surface area contributed by atoms with E-state index in [2.05, 4.69) is 88.4 Å². The van der Waals surface area contributed by atoms with Crippen molar-refractivity contribution in [1.82, 2.24) is 0 Å². The molecule has 0 aliphatic heterocycles. The van der Waals surface area contributed by atoms with E-state index in [1.165, 1.54) is 14.0 Å². The molecule has 1 aliphatic carbocycles. The van der Waals surface area contributed by atoms with Gasteiger partial charge in [0, 0.05) is 0 Å². The van der Waals surface area contributed by atoms with Gasteiger partial charge in [-0.3, -0.25) is 6.08 Å². The SMILES string of the molecule is CC1(C)C=C[C-]=CC1.C[C](C)=[Zr+2].[Cl-].[Cl-].c1ccc2[cH-]ccc2c1. The Morgan fingerprint density at radius 2 is 1.74 bits per heavy atom. The van der Waals surface area contributed by atoms with E-state index >= 15 is 0 Å². The molecule has 3 rings (SSSR count). The molecule has 0 aromatic heterocycles. The van der Waals surface area contributed by atoms with Crippen LogP contribution in [0.15, 0.2) is 60.7 Å². The summed E-state index contributed by atoms with van der Waals surface area (Å²) in [5.41, 5.74) is 0.380. The topological polar surface area (TPSA) is 0 Å². The molecule has 0 saturated heterocycles. The van der Waals surface area contributed by atoms with Gasteiger partial charge in [0.25, 0.3) is 0 Å². The van der Waals surface area contributed by atoms with E-state index in [9.17, 15) is 0 Å². The first kappa shape index (κ1) is 24.9. The maximum absolute atomic E-state index is 3.03. The normalized spacial score (nSPS) is 13.5. The van der Waals surface area contributed by atoms with Gasteiger partial charge in [0.05, 0.1) is 0 Å². The second-order valence-corrected chi connectivity index (χ2v) is 8.51. The van der Waals surface area contributed by atoms with Gasteiger partial charge in [0.2, 0.25) is 0 Å². The van der Waals surface area contributed by atoms with Gasteiger partial charge in [-0.05, 0) is 0 Å². The molecule has 0 amide bonds. The van der Waals surface area contributed by atoms with Crippen molar-refractivity contribution in [3.05, 3.63) is 66.8 Å². The fourth-order valence-electron chi connectivity index (χ4n) is 1.80. The fraction of sp³-hybridized carbons (Fsp3) is 0.300. The smallest absolute Gasteiger partial charge is 0.0809 e. The maximum Gasteiger partial charge on any atom is -0.0809 e. The summed E-state index contributed by atoms with van der Waals surface area (Å²) in [4.78, 5) is 0. The first-order valence-electron chi connectivity index (χ1n) is 7.28. The van der Waals surface area contributed by atoms with E-state index in [-0.39, 0.29) is 24.8 Å². The Kier molecular flexibility index (Phi) is 14.1. The molecule has 3 heteroatoms. The van der Waals surface area contributed by atoms with E-state index in [4.69, 9.17) is 0 Å². The number of fused-ring (bicyclic) bond motifs is 1. The van der Waals surface area contributed by atoms with Crippen LogP contribution in [0.25, 0.3) is 10.8 Å². The van der Waals surface area contributed by atoms with Crippen molar-refractivity contribution in [1.29, 1.82) is 0 Å². The molecule has 2 aromatic rings. The van der Waals surface area contributed by atoms with Crippen LogP contribution in [0.3, 0.4) is 0 Å². The van der Waals surface area contributed by atoms with E-state index < -0.39 is 0 Å². The quantitative estimate of drug-likeness (QED) is 0.505. The maximum atomic E-state index is 3.03. The zero-order chi connectivity index (χ0) is 15.7. The summed E-state index contributed by atoms with van der Waals surface area (Å²) in [5.74, 6) is 0. The van der Waals surface area contributed by atoms with Crippen LogP contribution in [0.1, 0.15) is 34.1 Å². The Hall–Kier alpha value is -0.357. The molecule has 23 heavy (non-hydrogen) atoms. The number of allylic oxidation sites excluding steroid dienone is 4. The second-order valence-electron chi connectivity index (χ2n) is 6.05. The van der Waals surface area contributed by atoms with Gasteiger partial charge in [0.1, 0.15) is 0 Å². The first-order chi connectivity index (χ1) is 9.91. The number of rotatable bonds is 0. The molecule has 0 N–H and O–H groups in total. The number of hydrogen-bond donors (Lipinski definition) is 0.